The van der Waals surface area contributed by atoms with Gasteiger partial charge in [0.25, 0.3) is 0 Å². The maximum atomic E-state index is 5.36. The molecule has 1 aromatic rings. The molecule has 1 aliphatic rings. The molecule has 6 nitrogen and oxygen atoms in total. The molecule has 0 spiro atoms. The summed E-state index contributed by atoms with van der Waals surface area (Å²) in [7, 11) is 1.66. The minimum Gasteiger partial charge on any atom is -0.382 e. The molecule has 0 saturated carbocycles. The Balaban J connectivity index is 1.65. The molecule has 2 rings (SSSR count). The highest BCUT2D eigenvalue weighted by Crippen LogP contribution is 2.10. The number of rotatable bonds is 8. The first kappa shape index (κ1) is 13.5. The summed E-state index contributed by atoms with van der Waals surface area (Å²) in [5, 5.41) is 7.37. The third-order valence-corrected chi connectivity index (χ3v) is 3.00. The van der Waals surface area contributed by atoms with Crippen LogP contribution in [0.3, 0.4) is 0 Å². The fraction of sp³-hybridized carbons (Fsp3) is 0.833. The van der Waals surface area contributed by atoms with E-state index in [0.717, 1.165) is 24.7 Å². The van der Waals surface area contributed by atoms with Crippen molar-refractivity contribution in [1.82, 2.24) is 15.5 Å². The SMILES string of the molecule is COCCOCCc1noc(CC2CCCN2)n1. The molecule has 1 saturated heterocycles. The van der Waals surface area contributed by atoms with Gasteiger partial charge in [-0.25, -0.2) is 0 Å². The van der Waals surface area contributed by atoms with Crippen molar-refractivity contribution >= 4 is 0 Å². The molecule has 1 aliphatic heterocycles. The van der Waals surface area contributed by atoms with E-state index in [1.54, 1.807) is 7.11 Å². The summed E-state index contributed by atoms with van der Waals surface area (Å²) in [6, 6.07) is 0.497. The van der Waals surface area contributed by atoms with Crippen molar-refractivity contribution in [3.63, 3.8) is 0 Å². The van der Waals surface area contributed by atoms with Crippen LogP contribution in [0.4, 0.5) is 0 Å². The first-order chi connectivity index (χ1) is 8.88. The van der Waals surface area contributed by atoms with Crippen molar-refractivity contribution in [3.05, 3.63) is 11.7 Å². The third kappa shape index (κ3) is 4.36. The van der Waals surface area contributed by atoms with Crippen LogP contribution in [0.1, 0.15) is 24.6 Å². The van der Waals surface area contributed by atoms with Crippen molar-refractivity contribution in [1.29, 1.82) is 0 Å². The molecule has 0 aliphatic carbocycles. The summed E-state index contributed by atoms with van der Waals surface area (Å²) in [4.78, 5) is 4.36. The van der Waals surface area contributed by atoms with Crippen molar-refractivity contribution in [3.8, 4) is 0 Å². The first-order valence-electron chi connectivity index (χ1n) is 6.50. The highest BCUT2D eigenvalue weighted by atomic mass is 16.5. The Morgan fingerprint density at radius 1 is 1.39 bits per heavy atom. The minimum absolute atomic E-state index is 0.497. The number of nitrogens with zero attached hydrogens (tertiary/aromatic N) is 2. The highest BCUT2D eigenvalue weighted by molar-refractivity contribution is 4.91. The first-order valence-corrected chi connectivity index (χ1v) is 6.50. The standard InChI is InChI=1S/C12H21N3O3/c1-16-7-8-17-6-4-11-14-12(18-15-11)9-10-3-2-5-13-10/h10,13H,2-9H2,1H3. The fourth-order valence-corrected chi connectivity index (χ4v) is 2.02. The number of hydrogen-bond acceptors (Lipinski definition) is 6. The Morgan fingerprint density at radius 3 is 3.11 bits per heavy atom. The Morgan fingerprint density at radius 2 is 2.33 bits per heavy atom. The van der Waals surface area contributed by atoms with E-state index in [-0.39, 0.29) is 0 Å². The van der Waals surface area contributed by atoms with Crippen LogP contribution in [0, 0.1) is 0 Å². The maximum Gasteiger partial charge on any atom is 0.228 e. The fourth-order valence-electron chi connectivity index (χ4n) is 2.02. The quantitative estimate of drug-likeness (QED) is 0.685. The van der Waals surface area contributed by atoms with E-state index >= 15 is 0 Å². The summed E-state index contributed by atoms with van der Waals surface area (Å²) >= 11 is 0. The summed E-state index contributed by atoms with van der Waals surface area (Å²) in [5.74, 6) is 1.45. The molecule has 2 heterocycles. The predicted molar refractivity (Wildman–Crippen MR) is 65.4 cm³/mol. The largest absolute Gasteiger partial charge is 0.382 e. The smallest absolute Gasteiger partial charge is 0.228 e. The third-order valence-electron chi connectivity index (χ3n) is 3.00. The molecule has 0 radical (unpaired) electrons. The van der Waals surface area contributed by atoms with Gasteiger partial charge in [-0.3, -0.25) is 0 Å². The van der Waals surface area contributed by atoms with Crippen LogP contribution in [0.15, 0.2) is 4.52 Å². The molecule has 1 unspecified atom stereocenters. The molecule has 1 N–H and O–H groups in total. The van der Waals surface area contributed by atoms with Crippen LogP contribution in [-0.2, 0) is 22.3 Å². The van der Waals surface area contributed by atoms with Gasteiger partial charge in [0.15, 0.2) is 5.82 Å². The molecule has 0 aromatic carbocycles. The predicted octanol–water partition coefficient (Wildman–Crippen LogP) is 0.570. The molecule has 18 heavy (non-hydrogen) atoms. The summed E-state index contributed by atoms with van der Waals surface area (Å²) in [6.45, 7) is 2.92. The number of aromatic nitrogens is 2. The van der Waals surface area contributed by atoms with Gasteiger partial charge >= 0.3 is 0 Å². The summed E-state index contributed by atoms with van der Waals surface area (Å²) < 4.78 is 15.5. The zero-order valence-corrected chi connectivity index (χ0v) is 10.9. The average molecular weight is 255 g/mol. The van der Waals surface area contributed by atoms with E-state index in [2.05, 4.69) is 15.5 Å². The van der Waals surface area contributed by atoms with E-state index in [1.165, 1.54) is 12.8 Å². The lowest BCUT2D eigenvalue weighted by atomic mass is 10.1. The molecule has 1 aromatic heterocycles. The second-order valence-electron chi connectivity index (χ2n) is 4.46. The molecular formula is C12H21N3O3. The van der Waals surface area contributed by atoms with Crippen LogP contribution in [0.25, 0.3) is 0 Å². The van der Waals surface area contributed by atoms with Crippen molar-refractivity contribution < 1.29 is 14.0 Å². The maximum absolute atomic E-state index is 5.36. The van der Waals surface area contributed by atoms with Crippen LogP contribution >= 0.6 is 0 Å². The Kier molecular flexibility index (Phi) is 5.57. The number of ether oxygens (including phenoxy) is 2. The molecule has 0 amide bonds. The van der Waals surface area contributed by atoms with E-state index in [4.69, 9.17) is 14.0 Å². The van der Waals surface area contributed by atoms with Crippen molar-refractivity contribution in [2.24, 2.45) is 0 Å². The molecule has 1 fully saturated rings. The molecule has 0 bridgehead atoms. The van der Waals surface area contributed by atoms with E-state index in [1.807, 2.05) is 0 Å². The Bertz CT molecular complexity index is 337. The zero-order valence-electron chi connectivity index (χ0n) is 10.9. The van der Waals surface area contributed by atoms with Gasteiger partial charge in [-0.2, -0.15) is 4.98 Å². The molecule has 1 atom stereocenters. The second kappa shape index (κ2) is 7.45. The monoisotopic (exact) mass is 255 g/mol. The van der Waals surface area contributed by atoms with E-state index in [0.29, 0.717) is 32.3 Å². The van der Waals surface area contributed by atoms with Gasteiger partial charge < -0.3 is 19.3 Å². The van der Waals surface area contributed by atoms with Gasteiger partial charge in [0.1, 0.15) is 0 Å². The number of nitrogens with one attached hydrogen (secondary N) is 1. The normalized spacial score (nSPS) is 19.5. The Hall–Kier alpha value is -0.980. The summed E-state index contributed by atoms with van der Waals surface area (Å²) in [5.41, 5.74) is 0. The van der Waals surface area contributed by atoms with Gasteiger partial charge in [0.05, 0.1) is 19.8 Å². The van der Waals surface area contributed by atoms with Crippen LogP contribution in [0.5, 0.6) is 0 Å². The molecular weight excluding hydrogens is 234 g/mol. The highest BCUT2D eigenvalue weighted by Gasteiger charge is 2.17. The topological polar surface area (TPSA) is 69.4 Å². The number of hydrogen-bond donors (Lipinski definition) is 1. The van der Waals surface area contributed by atoms with Crippen LogP contribution in [0.2, 0.25) is 0 Å². The van der Waals surface area contributed by atoms with Gasteiger partial charge in [0, 0.05) is 26.0 Å². The van der Waals surface area contributed by atoms with Gasteiger partial charge in [0.2, 0.25) is 5.89 Å². The lowest BCUT2D eigenvalue weighted by Crippen LogP contribution is -2.23. The van der Waals surface area contributed by atoms with Gasteiger partial charge in [-0.05, 0) is 19.4 Å². The minimum atomic E-state index is 0.497. The number of methoxy groups -OCH3 is 1. The van der Waals surface area contributed by atoms with Gasteiger partial charge in [-0.15, -0.1) is 0 Å². The Labute approximate surface area is 107 Å². The lowest BCUT2D eigenvalue weighted by molar-refractivity contribution is 0.0714. The van der Waals surface area contributed by atoms with Crippen molar-refractivity contribution in [2.75, 3.05) is 33.5 Å². The van der Waals surface area contributed by atoms with Crippen molar-refractivity contribution in [2.45, 2.75) is 31.7 Å². The van der Waals surface area contributed by atoms with E-state index in [9.17, 15) is 0 Å². The van der Waals surface area contributed by atoms with Crippen LogP contribution < -0.4 is 5.32 Å². The average Bonchev–Trinajstić information content (AvgIpc) is 3.02. The second-order valence-corrected chi connectivity index (χ2v) is 4.46. The molecule has 6 heteroatoms. The molecule has 102 valence electrons. The van der Waals surface area contributed by atoms with Crippen LogP contribution in [-0.4, -0.2) is 49.7 Å². The van der Waals surface area contributed by atoms with Gasteiger partial charge in [-0.1, -0.05) is 5.16 Å². The summed E-state index contributed by atoms with van der Waals surface area (Å²) in [6.07, 6.45) is 3.94. The zero-order chi connectivity index (χ0) is 12.6. The van der Waals surface area contributed by atoms with E-state index < -0.39 is 0 Å². The lowest BCUT2D eigenvalue weighted by Gasteiger charge is -2.04.